The minimum Gasteiger partial charge on any atom is -0.486 e. The molecule has 6 rings (SSSR count). The van der Waals surface area contributed by atoms with Crippen LogP contribution in [0.15, 0.2) is 67.1 Å². The first-order chi connectivity index (χ1) is 18.2. The molecule has 2 fully saturated rings. The summed E-state index contributed by atoms with van der Waals surface area (Å²) < 4.78 is 47.3. The van der Waals surface area contributed by atoms with Crippen LogP contribution in [-0.4, -0.2) is 62.1 Å². The lowest BCUT2D eigenvalue weighted by Gasteiger charge is -2.24. The number of rotatable bonds is 7. The minimum absolute atomic E-state index is 0.0146. The maximum Gasteiger partial charge on any atom is 0.407 e. The lowest BCUT2D eigenvalue weighted by atomic mass is 10.0. The standard InChI is InChI=1S/C28H28F3N5O2/c29-28(30,31)25(32)20-3-1-2-19(12-20)24-14-34-36-15-21(13-33-26(24)36)18-4-6-23(7-5-18)38-27(9-10-27)17-35-11-8-22(37)16-35/h1-7,12-15,22,25,37H,8-11,16-17,32H2. The molecule has 0 bridgehead atoms. The number of nitrogens with zero attached hydrogens (tertiary/aromatic N) is 4. The molecule has 4 aromatic rings. The molecule has 1 aliphatic heterocycles. The smallest absolute Gasteiger partial charge is 0.407 e. The lowest BCUT2D eigenvalue weighted by Crippen LogP contribution is -2.36. The number of benzene rings is 2. The Kier molecular flexibility index (Phi) is 6.13. The van der Waals surface area contributed by atoms with Gasteiger partial charge in [0.15, 0.2) is 5.65 Å². The number of alkyl halides is 3. The van der Waals surface area contributed by atoms with Crippen molar-refractivity contribution in [3.63, 3.8) is 0 Å². The van der Waals surface area contributed by atoms with Crippen LogP contribution in [0.3, 0.4) is 0 Å². The summed E-state index contributed by atoms with van der Waals surface area (Å²) in [5.41, 5.74) is 8.73. The zero-order chi connectivity index (χ0) is 26.5. The van der Waals surface area contributed by atoms with Crippen molar-refractivity contribution in [2.45, 2.75) is 43.2 Å². The topological polar surface area (TPSA) is 88.9 Å². The first-order valence-electron chi connectivity index (χ1n) is 12.7. The molecule has 2 aliphatic rings. The molecule has 2 aromatic carbocycles. The number of hydrogen-bond acceptors (Lipinski definition) is 6. The predicted molar refractivity (Wildman–Crippen MR) is 136 cm³/mol. The zero-order valence-electron chi connectivity index (χ0n) is 20.6. The second-order valence-electron chi connectivity index (χ2n) is 10.3. The van der Waals surface area contributed by atoms with Crippen LogP contribution in [0.4, 0.5) is 13.2 Å². The molecule has 2 unspecified atom stereocenters. The van der Waals surface area contributed by atoms with Crippen molar-refractivity contribution in [1.82, 2.24) is 19.5 Å². The first kappa shape index (κ1) is 24.8. The van der Waals surface area contributed by atoms with Gasteiger partial charge in [0.25, 0.3) is 0 Å². The number of β-amino-alcohol motifs (C(OH)–C–C–N with tert-alkyl or cyclic N) is 1. The average molecular weight is 524 g/mol. The predicted octanol–water partition coefficient (Wildman–Crippen LogP) is 4.60. The molecule has 198 valence electrons. The van der Waals surface area contributed by atoms with Crippen LogP contribution >= 0.6 is 0 Å². The Morgan fingerprint density at radius 1 is 1.08 bits per heavy atom. The molecular formula is C28H28F3N5O2. The third-order valence-corrected chi connectivity index (χ3v) is 7.35. The van der Waals surface area contributed by atoms with Gasteiger partial charge in [0.05, 0.1) is 12.3 Å². The van der Waals surface area contributed by atoms with E-state index in [2.05, 4.69) is 15.0 Å². The van der Waals surface area contributed by atoms with Crippen LogP contribution in [0.2, 0.25) is 0 Å². The Bertz CT molecular complexity index is 1450. The second-order valence-corrected chi connectivity index (χ2v) is 10.3. The van der Waals surface area contributed by atoms with E-state index in [0.29, 0.717) is 23.3 Å². The molecule has 2 atom stereocenters. The number of aliphatic hydroxyl groups excluding tert-OH is 1. The largest absolute Gasteiger partial charge is 0.486 e. The molecule has 0 spiro atoms. The van der Waals surface area contributed by atoms with E-state index >= 15 is 0 Å². The molecular weight excluding hydrogens is 495 g/mol. The molecule has 38 heavy (non-hydrogen) atoms. The van der Waals surface area contributed by atoms with E-state index in [4.69, 9.17) is 10.5 Å². The highest BCUT2D eigenvalue weighted by atomic mass is 19.4. The van der Waals surface area contributed by atoms with Gasteiger partial charge in [-0.15, -0.1) is 0 Å². The fourth-order valence-corrected chi connectivity index (χ4v) is 5.08. The van der Waals surface area contributed by atoms with E-state index < -0.39 is 12.2 Å². The van der Waals surface area contributed by atoms with Crippen LogP contribution in [0.25, 0.3) is 27.9 Å². The minimum atomic E-state index is -4.52. The second kappa shape index (κ2) is 9.37. The number of aromatic nitrogens is 3. The van der Waals surface area contributed by atoms with Crippen molar-refractivity contribution < 1.29 is 23.0 Å². The van der Waals surface area contributed by atoms with Gasteiger partial charge in [0, 0.05) is 43.2 Å². The van der Waals surface area contributed by atoms with E-state index in [1.54, 1.807) is 29.0 Å². The summed E-state index contributed by atoms with van der Waals surface area (Å²) in [7, 11) is 0. The van der Waals surface area contributed by atoms with Gasteiger partial charge in [-0.3, -0.25) is 4.90 Å². The van der Waals surface area contributed by atoms with E-state index in [-0.39, 0.29) is 17.3 Å². The summed E-state index contributed by atoms with van der Waals surface area (Å²) >= 11 is 0. The molecule has 3 N–H and O–H groups in total. The third kappa shape index (κ3) is 4.99. The molecule has 1 saturated heterocycles. The number of halogens is 3. The molecule has 3 heterocycles. The monoisotopic (exact) mass is 523 g/mol. The molecule has 2 aromatic heterocycles. The van der Waals surface area contributed by atoms with Crippen molar-refractivity contribution in [2.24, 2.45) is 5.73 Å². The van der Waals surface area contributed by atoms with Gasteiger partial charge in [-0.25, -0.2) is 9.50 Å². The van der Waals surface area contributed by atoms with E-state index in [9.17, 15) is 18.3 Å². The summed E-state index contributed by atoms with van der Waals surface area (Å²) in [5.74, 6) is 0.804. The lowest BCUT2D eigenvalue weighted by molar-refractivity contribution is -0.149. The van der Waals surface area contributed by atoms with Crippen LogP contribution in [-0.2, 0) is 0 Å². The van der Waals surface area contributed by atoms with Crippen molar-refractivity contribution in [3.05, 3.63) is 72.7 Å². The molecule has 10 heteroatoms. The van der Waals surface area contributed by atoms with Gasteiger partial charge in [-0.2, -0.15) is 18.3 Å². The van der Waals surface area contributed by atoms with Gasteiger partial charge in [-0.1, -0.05) is 30.3 Å². The fourth-order valence-electron chi connectivity index (χ4n) is 5.08. The van der Waals surface area contributed by atoms with Gasteiger partial charge in [0.2, 0.25) is 0 Å². The average Bonchev–Trinajstić information content (AvgIpc) is 3.31. The summed E-state index contributed by atoms with van der Waals surface area (Å²) in [4.78, 5) is 6.83. The third-order valence-electron chi connectivity index (χ3n) is 7.35. The number of nitrogens with two attached hydrogens (primary N) is 1. The summed E-state index contributed by atoms with van der Waals surface area (Å²) in [5, 5.41) is 14.2. The SMILES string of the molecule is NC(c1cccc(-c2cnn3cc(-c4ccc(OC5(CN6CCC(O)C6)CC5)cc4)cnc23)c1)C(F)(F)F. The number of likely N-dealkylation sites (tertiary alicyclic amines) is 1. The van der Waals surface area contributed by atoms with Crippen LogP contribution in [0.1, 0.15) is 30.9 Å². The molecule has 0 amide bonds. The number of aliphatic hydroxyl groups is 1. The highest BCUT2D eigenvalue weighted by molar-refractivity contribution is 5.78. The summed E-state index contributed by atoms with van der Waals surface area (Å²) in [6, 6.07) is 11.9. The Hall–Kier alpha value is -3.47. The molecule has 0 radical (unpaired) electrons. The maximum atomic E-state index is 13.1. The van der Waals surface area contributed by atoms with Crippen molar-refractivity contribution in [1.29, 1.82) is 0 Å². The Morgan fingerprint density at radius 2 is 1.87 bits per heavy atom. The first-order valence-corrected chi connectivity index (χ1v) is 12.7. The van der Waals surface area contributed by atoms with E-state index in [1.165, 1.54) is 12.1 Å². The number of hydrogen-bond donors (Lipinski definition) is 2. The Labute approximate surface area is 217 Å². The highest BCUT2D eigenvalue weighted by Crippen LogP contribution is 2.42. The summed E-state index contributed by atoms with van der Waals surface area (Å²) in [6.07, 6.45) is 3.24. The van der Waals surface area contributed by atoms with Crippen molar-refractivity contribution in [2.75, 3.05) is 19.6 Å². The van der Waals surface area contributed by atoms with E-state index in [1.807, 2.05) is 30.5 Å². The van der Waals surface area contributed by atoms with E-state index in [0.717, 1.165) is 49.2 Å². The van der Waals surface area contributed by atoms with Crippen LogP contribution in [0.5, 0.6) is 5.75 Å². The number of fused-ring (bicyclic) bond motifs is 1. The van der Waals surface area contributed by atoms with Gasteiger partial charge in [0.1, 0.15) is 17.4 Å². The Morgan fingerprint density at radius 3 is 2.55 bits per heavy atom. The fraction of sp³-hybridized carbons (Fsp3) is 0.357. The molecule has 7 nitrogen and oxygen atoms in total. The molecule has 1 saturated carbocycles. The van der Waals surface area contributed by atoms with Crippen LogP contribution in [0, 0.1) is 0 Å². The highest BCUT2D eigenvalue weighted by Gasteiger charge is 2.47. The van der Waals surface area contributed by atoms with Crippen molar-refractivity contribution in [3.8, 4) is 28.0 Å². The van der Waals surface area contributed by atoms with Gasteiger partial charge < -0.3 is 15.6 Å². The van der Waals surface area contributed by atoms with Gasteiger partial charge in [-0.05, 0) is 54.2 Å². The normalized spacial score (nSPS) is 20.1. The number of ether oxygens (including phenoxy) is 1. The van der Waals surface area contributed by atoms with Crippen LogP contribution < -0.4 is 10.5 Å². The van der Waals surface area contributed by atoms with Gasteiger partial charge >= 0.3 is 6.18 Å². The van der Waals surface area contributed by atoms with Crippen molar-refractivity contribution >= 4 is 5.65 Å². The quantitative estimate of drug-likeness (QED) is 0.368. The Balaban J connectivity index is 1.18. The zero-order valence-corrected chi connectivity index (χ0v) is 20.6. The molecule has 1 aliphatic carbocycles. The summed E-state index contributed by atoms with van der Waals surface area (Å²) in [6.45, 7) is 2.45. The maximum absolute atomic E-state index is 13.1.